The molecule has 1 unspecified atom stereocenters. The molecule has 0 radical (unpaired) electrons. The monoisotopic (exact) mass is 781 g/mol. The van der Waals surface area contributed by atoms with Crippen LogP contribution in [-0.2, 0) is 27.2 Å². The number of benzene rings is 2. The Labute approximate surface area is 316 Å². The minimum Gasteiger partial charge on any atom is -0.478 e. The number of aryl methyl sites for hydroxylation is 3. The third kappa shape index (κ3) is 9.06. The van der Waals surface area contributed by atoms with Crippen LogP contribution in [0, 0.1) is 13.8 Å². The summed E-state index contributed by atoms with van der Waals surface area (Å²) in [6.07, 6.45) is -3.75. The molecule has 0 amide bonds. The summed E-state index contributed by atoms with van der Waals surface area (Å²) in [5.74, 6) is -1.84. The van der Waals surface area contributed by atoms with Gasteiger partial charge in [0.25, 0.3) is 10.0 Å². The molecule has 0 spiro atoms. The second-order valence-corrected chi connectivity index (χ2v) is 16.3. The highest BCUT2D eigenvalue weighted by Crippen LogP contribution is 2.33. The average molecular weight is 782 g/mol. The number of carboxylic acid groups (broad SMARTS) is 1. The largest absolute Gasteiger partial charge is 0.522 e. The number of halogens is 3. The molecule has 17 heteroatoms. The van der Waals surface area contributed by atoms with Crippen molar-refractivity contribution in [2.75, 3.05) is 11.3 Å². The van der Waals surface area contributed by atoms with E-state index in [1.54, 1.807) is 6.20 Å². The maximum atomic E-state index is 13.7. The Morgan fingerprint density at radius 2 is 1.73 bits per heavy atom. The van der Waals surface area contributed by atoms with Gasteiger partial charge in [0.05, 0.1) is 46.2 Å². The number of anilines is 1. The summed E-state index contributed by atoms with van der Waals surface area (Å²) in [6.45, 7) is 9.59. The second-order valence-electron chi connectivity index (χ2n) is 14.6. The summed E-state index contributed by atoms with van der Waals surface area (Å²) in [4.78, 5) is 29.5. The van der Waals surface area contributed by atoms with Gasteiger partial charge in [-0.05, 0) is 68.5 Å². The number of hydrogen-bond acceptors (Lipinski definition) is 10. The highest BCUT2D eigenvalue weighted by Gasteiger charge is 2.40. The molecule has 2 aromatic carbocycles. The molecule has 1 fully saturated rings. The average Bonchev–Trinajstić information content (AvgIpc) is 3.31. The van der Waals surface area contributed by atoms with Crippen molar-refractivity contribution in [2.45, 2.75) is 88.7 Å². The van der Waals surface area contributed by atoms with E-state index in [0.29, 0.717) is 35.3 Å². The van der Waals surface area contributed by atoms with Crippen molar-refractivity contribution in [1.82, 2.24) is 29.8 Å². The number of ether oxygens (including phenoxy) is 2. The van der Waals surface area contributed by atoms with Gasteiger partial charge in [0.15, 0.2) is 5.65 Å². The molecule has 4 heterocycles. The lowest BCUT2D eigenvalue weighted by Crippen LogP contribution is -2.47. The van der Waals surface area contributed by atoms with E-state index < -0.39 is 46.5 Å². The Balaban J connectivity index is 1.34. The quantitative estimate of drug-likeness (QED) is 0.133. The summed E-state index contributed by atoms with van der Waals surface area (Å²) in [5, 5.41) is 12.7. The number of aromatic nitrogens is 5. The number of aromatic carboxylic acids is 1. The molecule has 3 N–H and O–H groups in total. The lowest BCUT2D eigenvalue weighted by molar-refractivity contribution is -0.346. The van der Waals surface area contributed by atoms with Crippen LogP contribution in [0.15, 0.2) is 65.7 Å². The number of nitrogens with one attached hydrogen (secondary N) is 2. The van der Waals surface area contributed by atoms with E-state index in [-0.39, 0.29) is 40.5 Å². The van der Waals surface area contributed by atoms with Crippen molar-refractivity contribution in [1.29, 1.82) is 0 Å². The van der Waals surface area contributed by atoms with Gasteiger partial charge in [-0.25, -0.2) is 27.9 Å². The van der Waals surface area contributed by atoms with Crippen LogP contribution in [0.1, 0.15) is 78.9 Å². The van der Waals surface area contributed by atoms with Crippen molar-refractivity contribution >= 4 is 33.1 Å². The van der Waals surface area contributed by atoms with Crippen LogP contribution in [0.4, 0.5) is 19.1 Å². The second kappa shape index (κ2) is 15.2. The van der Waals surface area contributed by atoms with E-state index in [9.17, 15) is 31.5 Å². The van der Waals surface area contributed by atoms with Crippen LogP contribution in [0.3, 0.4) is 0 Å². The SMILES string of the molecule is Cc1cccc(C)c1-c1cc(OC[C@@H]2NC(c3cnc4cc(C(C)(C)C)n(C)c4n3)CCC[C@H]2OC(F)(F)F)nc(NS(=O)(=O)c2cccc(C(=O)O)c2)n1. The van der Waals surface area contributed by atoms with Crippen molar-refractivity contribution in [3.63, 3.8) is 0 Å². The lowest BCUT2D eigenvalue weighted by atomic mass is 9.92. The zero-order chi connectivity index (χ0) is 39.9. The Morgan fingerprint density at radius 1 is 1.02 bits per heavy atom. The molecule has 0 bridgehead atoms. The van der Waals surface area contributed by atoms with E-state index in [0.717, 1.165) is 22.9 Å². The molecule has 0 saturated carbocycles. The van der Waals surface area contributed by atoms with Gasteiger partial charge in [0, 0.05) is 29.8 Å². The number of fused-ring (bicyclic) bond motifs is 1. The molecule has 0 aliphatic carbocycles. The molecule has 1 aliphatic rings. The highest BCUT2D eigenvalue weighted by molar-refractivity contribution is 7.92. The minimum atomic E-state index is -4.93. The van der Waals surface area contributed by atoms with E-state index in [4.69, 9.17) is 9.72 Å². The first kappa shape index (κ1) is 39.6. The molecular formula is C38H42F3N7O6S. The third-order valence-corrected chi connectivity index (χ3v) is 10.8. The number of hydrogen-bond donors (Lipinski definition) is 3. The first-order valence-electron chi connectivity index (χ1n) is 17.6. The van der Waals surface area contributed by atoms with Crippen LogP contribution < -0.4 is 14.8 Å². The van der Waals surface area contributed by atoms with Crippen molar-refractivity contribution < 1.29 is 41.0 Å². The van der Waals surface area contributed by atoms with Crippen LogP contribution in [0.2, 0.25) is 0 Å². The summed E-state index contributed by atoms with van der Waals surface area (Å²) >= 11 is 0. The van der Waals surface area contributed by atoms with Crippen molar-refractivity contribution in [3.8, 4) is 17.1 Å². The van der Waals surface area contributed by atoms with Gasteiger partial charge in [0.2, 0.25) is 11.8 Å². The fraction of sp³-hybridized carbons (Fsp3) is 0.395. The van der Waals surface area contributed by atoms with Crippen LogP contribution in [0.5, 0.6) is 5.88 Å². The van der Waals surface area contributed by atoms with Crippen LogP contribution in [0.25, 0.3) is 22.4 Å². The van der Waals surface area contributed by atoms with Gasteiger partial charge in [-0.2, -0.15) is 4.98 Å². The Hall–Kier alpha value is -5.13. The van der Waals surface area contributed by atoms with Gasteiger partial charge in [0.1, 0.15) is 12.1 Å². The van der Waals surface area contributed by atoms with Crippen LogP contribution >= 0.6 is 0 Å². The molecule has 55 heavy (non-hydrogen) atoms. The normalized spacial score (nSPS) is 18.2. The summed E-state index contributed by atoms with van der Waals surface area (Å²) in [6, 6.07) is 12.2. The van der Waals surface area contributed by atoms with Gasteiger partial charge in [-0.1, -0.05) is 45.0 Å². The van der Waals surface area contributed by atoms with E-state index in [1.165, 1.54) is 24.3 Å². The first-order valence-corrected chi connectivity index (χ1v) is 19.1. The van der Waals surface area contributed by atoms with Gasteiger partial charge in [-0.15, -0.1) is 13.2 Å². The molecule has 1 saturated heterocycles. The molecule has 6 rings (SSSR count). The maximum Gasteiger partial charge on any atom is 0.522 e. The molecule has 5 aromatic rings. The molecule has 1 aliphatic heterocycles. The number of alkyl halides is 3. The smallest absolute Gasteiger partial charge is 0.478 e. The zero-order valence-electron chi connectivity index (χ0n) is 31.1. The topological polar surface area (TPSA) is 170 Å². The fourth-order valence-electron chi connectivity index (χ4n) is 6.89. The van der Waals surface area contributed by atoms with Gasteiger partial charge >= 0.3 is 12.3 Å². The standard InChI is InChI=1S/C38H42F3N7O6S/c1-21-10-7-11-22(2)33(21)26-18-32(46-36(45-26)47-55(51,52)24-13-8-12-23(16-24)35(49)50)53-20-29-30(54-38(39,40)41)15-9-14-25(43-29)28-19-42-27-17-31(37(3,4)5)48(6)34(27)44-28/h7-8,10-13,16-19,25,29-30,43H,9,14-15,20H2,1-6H3,(H,49,50)(H,45,46,47)/t25?,29-,30+/m0/s1. The Bertz CT molecular complexity index is 2320. The molecular weight excluding hydrogens is 740 g/mol. The van der Waals surface area contributed by atoms with E-state index >= 15 is 0 Å². The molecule has 292 valence electrons. The zero-order valence-corrected chi connectivity index (χ0v) is 31.9. The Kier molecular flexibility index (Phi) is 10.9. The van der Waals surface area contributed by atoms with E-state index in [2.05, 4.69) is 50.5 Å². The highest BCUT2D eigenvalue weighted by atomic mass is 32.2. The van der Waals surface area contributed by atoms with Crippen LogP contribution in [-0.4, -0.2) is 69.1 Å². The third-order valence-electron chi connectivity index (χ3n) is 9.48. The van der Waals surface area contributed by atoms with Gasteiger partial charge < -0.3 is 19.7 Å². The molecule has 13 nitrogen and oxygen atoms in total. The number of sulfonamides is 1. The number of carboxylic acids is 1. The summed E-state index contributed by atoms with van der Waals surface area (Å²) in [5.41, 5.74) is 5.08. The lowest BCUT2D eigenvalue weighted by Gasteiger charge is -2.28. The summed E-state index contributed by atoms with van der Waals surface area (Å²) in [7, 11) is -2.50. The van der Waals surface area contributed by atoms with Crippen molar-refractivity contribution in [2.24, 2.45) is 7.05 Å². The van der Waals surface area contributed by atoms with Crippen molar-refractivity contribution in [3.05, 3.63) is 88.9 Å². The Morgan fingerprint density at radius 3 is 2.40 bits per heavy atom. The maximum absolute atomic E-state index is 13.7. The first-order chi connectivity index (χ1) is 25.8. The molecule has 3 aromatic heterocycles. The van der Waals surface area contributed by atoms with Gasteiger partial charge in [-0.3, -0.25) is 9.72 Å². The predicted octanol–water partition coefficient (Wildman–Crippen LogP) is 7.01. The fourth-order valence-corrected chi connectivity index (χ4v) is 7.88. The van der Waals surface area contributed by atoms with E-state index in [1.807, 2.05) is 49.7 Å². The summed E-state index contributed by atoms with van der Waals surface area (Å²) < 4.78 is 83.1. The molecule has 3 atom stereocenters. The predicted molar refractivity (Wildman–Crippen MR) is 198 cm³/mol. The number of nitrogens with zero attached hydrogens (tertiary/aromatic N) is 5. The minimum absolute atomic E-state index is 0.0585. The number of rotatable bonds is 10. The number of carbonyl (C=O) groups is 1.